The summed E-state index contributed by atoms with van der Waals surface area (Å²) in [6, 6.07) is 12.8. The standard InChI is InChI=1S/C14H16BrNS/c1-11(12-5-3-2-4-6-12)8-16-9-14-7-13(15)10-17-14/h2-7,10-11,16H,8-9H2,1H3. The van der Waals surface area contributed by atoms with Gasteiger partial charge in [-0.2, -0.15) is 0 Å². The number of nitrogens with one attached hydrogen (secondary N) is 1. The van der Waals surface area contributed by atoms with E-state index in [1.54, 1.807) is 11.3 Å². The number of benzene rings is 1. The van der Waals surface area contributed by atoms with Crippen LogP contribution in [0.4, 0.5) is 0 Å². The van der Waals surface area contributed by atoms with E-state index in [2.05, 4.69) is 69.9 Å². The summed E-state index contributed by atoms with van der Waals surface area (Å²) in [4.78, 5) is 1.37. The van der Waals surface area contributed by atoms with E-state index in [0.717, 1.165) is 13.1 Å². The first-order valence-electron chi connectivity index (χ1n) is 5.74. The molecule has 3 heteroatoms. The fraction of sp³-hybridized carbons (Fsp3) is 0.286. The van der Waals surface area contributed by atoms with Crippen molar-refractivity contribution in [3.63, 3.8) is 0 Å². The normalized spacial score (nSPS) is 12.6. The van der Waals surface area contributed by atoms with Crippen molar-refractivity contribution in [1.29, 1.82) is 0 Å². The van der Waals surface area contributed by atoms with Gasteiger partial charge in [-0.3, -0.25) is 0 Å². The first-order chi connectivity index (χ1) is 8.25. The molecule has 0 saturated carbocycles. The quantitative estimate of drug-likeness (QED) is 0.863. The highest BCUT2D eigenvalue weighted by Gasteiger charge is 2.04. The van der Waals surface area contributed by atoms with E-state index in [-0.39, 0.29) is 0 Å². The molecule has 0 aliphatic rings. The Morgan fingerprint density at radius 2 is 2.06 bits per heavy atom. The highest BCUT2D eigenvalue weighted by molar-refractivity contribution is 9.10. The minimum Gasteiger partial charge on any atom is -0.311 e. The molecule has 0 saturated heterocycles. The van der Waals surface area contributed by atoms with Gasteiger partial charge in [0.05, 0.1) is 0 Å². The second kappa shape index (κ2) is 6.34. The molecule has 1 unspecified atom stereocenters. The Hall–Kier alpha value is -0.640. The highest BCUT2D eigenvalue weighted by Crippen LogP contribution is 2.20. The number of hydrogen-bond donors (Lipinski definition) is 1. The van der Waals surface area contributed by atoms with E-state index in [0.29, 0.717) is 5.92 Å². The van der Waals surface area contributed by atoms with E-state index < -0.39 is 0 Å². The second-order valence-corrected chi connectivity index (χ2v) is 6.09. The SMILES string of the molecule is CC(CNCc1cc(Br)cs1)c1ccccc1. The third-order valence-corrected chi connectivity index (χ3v) is 4.44. The molecule has 0 bridgehead atoms. The molecule has 1 aromatic carbocycles. The zero-order valence-corrected chi connectivity index (χ0v) is 12.2. The molecule has 0 aliphatic heterocycles. The molecule has 17 heavy (non-hydrogen) atoms. The lowest BCUT2D eigenvalue weighted by Gasteiger charge is -2.12. The lowest BCUT2D eigenvalue weighted by Crippen LogP contribution is -2.19. The van der Waals surface area contributed by atoms with E-state index in [4.69, 9.17) is 0 Å². The van der Waals surface area contributed by atoms with Crippen LogP contribution in [0.5, 0.6) is 0 Å². The van der Waals surface area contributed by atoms with Gasteiger partial charge >= 0.3 is 0 Å². The van der Waals surface area contributed by atoms with Crippen molar-refractivity contribution < 1.29 is 0 Å². The van der Waals surface area contributed by atoms with E-state index >= 15 is 0 Å². The third kappa shape index (κ3) is 3.95. The lowest BCUT2D eigenvalue weighted by atomic mass is 10.0. The number of thiophene rings is 1. The fourth-order valence-electron chi connectivity index (χ4n) is 1.76. The monoisotopic (exact) mass is 309 g/mol. The van der Waals surface area contributed by atoms with Gasteiger partial charge in [-0.1, -0.05) is 37.3 Å². The Morgan fingerprint density at radius 1 is 1.29 bits per heavy atom. The van der Waals surface area contributed by atoms with E-state index in [1.807, 2.05) is 0 Å². The molecule has 0 radical (unpaired) electrons. The minimum absolute atomic E-state index is 0.555. The summed E-state index contributed by atoms with van der Waals surface area (Å²) >= 11 is 5.26. The zero-order chi connectivity index (χ0) is 12.1. The maximum Gasteiger partial charge on any atom is 0.0300 e. The van der Waals surface area contributed by atoms with E-state index in [9.17, 15) is 0 Å². The van der Waals surface area contributed by atoms with Crippen molar-refractivity contribution in [1.82, 2.24) is 5.32 Å². The van der Waals surface area contributed by atoms with Crippen LogP contribution in [0, 0.1) is 0 Å². The molecule has 1 N–H and O–H groups in total. The molecule has 2 aromatic rings. The molecule has 2 rings (SSSR count). The molecular formula is C14H16BrNS. The van der Waals surface area contributed by atoms with E-state index in [1.165, 1.54) is 14.9 Å². The number of halogens is 1. The van der Waals surface area contributed by atoms with Crippen molar-refractivity contribution in [2.24, 2.45) is 0 Å². The van der Waals surface area contributed by atoms with Gasteiger partial charge in [0.1, 0.15) is 0 Å². The second-order valence-electron chi connectivity index (χ2n) is 4.17. The van der Waals surface area contributed by atoms with Gasteiger partial charge in [-0.15, -0.1) is 11.3 Å². The van der Waals surface area contributed by atoms with Crippen LogP contribution in [-0.2, 0) is 6.54 Å². The van der Waals surface area contributed by atoms with Crippen molar-refractivity contribution in [2.45, 2.75) is 19.4 Å². The molecule has 1 aromatic heterocycles. The highest BCUT2D eigenvalue weighted by atomic mass is 79.9. The van der Waals surface area contributed by atoms with Crippen LogP contribution in [0.15, 0.2) is 46.3 Å². The van der Waals surface area contributed by atoms with Gasteiger partial charge in [0.25, 0.3) is 0 Å². The maximum absolute atomic E-state index is 3.50. The summed E-state index contributed by atoms with van der Waals surface area (Å²) in [5.41, 5.74) is 1.40. The van der Waals surface area contributed by atoms with Gasteiger partial charge < -0.3 is 5.32 Å². The molecule has 0 amide bonds. The molecule has 90 valence electrons. The molecule has 0 spiro atoms. The Morgan fingerprint density at radius 3 is 2.71 bits per heavy atom. The Kier molecular flexibility index (Phi) is 4.77. The predicted molar refractivity (Wildman–Crippen MR) is 78.6 cm³/mol. The van der Waals surface area contributed by atoms with Crippen molar-refractivity contribution in [2.75, 3.05) is 6.54 Å². The van der Waals surface area contributed by atoms with Gasteiger partial charge in [-0.25, -0.2) is 0 Å². The van der Waals surface area contributed by atoms with Crippen molar-refractivity contribution >= 4 is 27.3 Å². The Bertz CT molecular complexity index is 452. The topological polar surface area (TPSA) is 12.0 Å². The van der Waals surface area contributed by atoms with Crippen molar-refractivity contribution in [3.05, 3.63) is 56.7 Å². The zero-order valence-electron chi connectivity index (χ0n) is 9.82. The smallest absolute Gasteiger partial charge is 0.0300 e. The van der Waals surface area contributed by atoms with Crippen LogP contribution in [0.1, 0.15) is 23.3 Å². The van der Waals surface area contributed by atoms with Gasteiger partial charge in [-0.05, 0) is 33.5 Å². The summed E-state index contributed by atoms with van der Waals surface area (Å²) in [6.45, 7) is 4.22. The van der Waals surface area contributed by atoms with Crippen LogP contribution in [0.2, 0.25) is 0 Å². The summed E-state index contributed by atoms with van der Waals surface area (Å²) in [5, 5.41) is 5.63. The third-order valence-electron chi connectivity index (χ3n) is 2.74. The van der Waals surface area contributed by atoms with Crippen LogP contribution >= 0.6 is 27.3 Å². The summed E-state index contributed by atoms with van der Waals surface area (Å²) in [7, 11) is 0. The molecule has 0 aliphatic carbocycles. The molecule has 1 nitrogen and oxygen atoms in total. The molecule has 0 fully saturated rings. The average molecular weight is 310 g/mol. The first-order valence-corrected chi connectivity index (χ1v) is 7.41. The van der Waals surface area contributed by atoms with Crippen LogP contribution in [0.25, 0.3) is 0 Å². The Labute approximate surface area is 115 Å². The average Bonchev–Trinajstić information content (AvgIpc) is 2.76. The van der Waals surface area contributed by atoms with Gasteiger partial charge in [0, 0.05) is 27.8 Å². The molecular weight excluding hydrogens is 294 g/mol. The largest absolute Gasteiger partial charge is 0.311 e. The molecule has 1 heterocycles. The fourth-order valence-corrected chi connectivity index (χ4v) is 3.18. The van der Waals surface area contributed by atoms with Crippen LogP contribution < -0.4 is 5.32 Å². The maximum atomic E-state index is 3.50. The number of hydrogen-bond acceptors (Lipinski definition) is 2. The summed E-state index contributed by atoms with van der Waals surface area (Å²) in [6.07, 6.45) is 0. The molecule has 1 atom stereocenters. The van der Waals surface area contributed by atoms with Gasteiger partial charge in [0.2, 0.25) is 0 Å². The Balaban J connectivity index is 1.79. The number of rotatable bonds is 5. The minimum atomic E-state index is 0.555. The van der Waals surface area contributed by atoms with Crippen molar-refractivity contribution in [3.8, 4) is 0 Å². The predicted octanol–water partition coefficient (Wildman–Crippen LogP) is 4.40. The summed E-state index contributed by atoms with van der Waals surface area (Å²) in [5.74, 6) is 0.555. The summed E-state index contributed by atoms with van der Waals surface area (Å²) < 4.78 is 1.18. The van der Waals surface area contributed by atoms with Crippen LogP contribution in [0.3, 0.4) is 0 Å². The lowest BCUT2D eigenvalue weighted by molar-refractivity contribution is 0.619. The van der Waals surface area contributed by atoms with Gasteiger partial charge in [0.15, 0.2) is 0 Å². The first kappa shape index (κ1) is 12.8. The van der Waals surface area contributed by atoms with Crippen LogP contribution in [-0.4, -0.2) is 6.54 Å².